The lowest BCUT2D eigenvalue weighted by atomic mass is 10.1. The van der Waals surface area contributed by atoms with Crippen molar-refractivity contribution < 1.29 is 19.8 Å². The number of hydrogen-bond acceptors (Lipinski definition) is 4. The first-order chi connectivity index (χ1) is 7.19. The van der Waals surface area contributed by atoms with Crippen LogP contribution in [0, 0.1) is 5.92 Å². The highest BCUT2D eigenvalue weighted by Crippen LogP contribution is 2.09. The molecular formula is C10H15NO4. The normalized spacial score (nSPS) is 15.8. The first-order valence-corrected chi connectivity index (χ1v) is 4.94. The topological polar surface area (TPSA) is 77.8 Å². The largest absolute Gasteiger partial charge is 0.396 e. The van der Waals surface area contributed by atoms with E-state index in [0.717, 1.165) is 4.90 Å². The van der Waals surface area contributed by atoms with Crippen molar-refractivity contribution in [3.8, 4) is 0 Å². The Balaban J connectivity index is 2.26. The molecule has 0 saturated carbocycles. The molecule has 5 nitrogen and oxygen atoms in total. The Bertz CT molecular complexity index is 253. The second kappa shape index (κ2) is 5.63. The number of hydrogen-bond donors (Lipinski definition) is 2. The van der Waals surface area contributed by atoms with Crippen molar-refractivity contribution >= 4 is 11.8 Å². The maximum atomic E-state index is 11.1. The molecule has 1 aliphatic rings. The summed E-state index contributed by atoms with van der Waals surface area (Å²) in [5.74, 6) is -0.736. The zero-order chi connectivity index (χ0) is 11.3. The van der Waals surface area contributed by atoms with Crippen molar-refractivity contribution in [3.63, 3.8) is 0 Å². The predicted octanol–water partition coefficient (Wildman–Crippen LogP) is -0.708. The molecule has 0 aliphatic carbocycles. The third-order valence-electron chi connectivity index (χ3n) is 2.41. The summed E-state index contributed by atoms with van der Waals surface area (Å²) in [5, 5.41) is 17.6. The lowest BCUT2D eigenvalue weighted by Crippen LogP contribution is -2.31. The van der Waals surface area contributed by atoms with E-state index in [9.17, 15) is 9.59 Å². The first-order valence-electron chi connectivity index (χ1n) is 4.94. The van der Waals surface area contributed by atoms with E-state index in [2.05, 4.69) is 0 Å². The third-order valence-corrected chi connectivity index (χ3v) is 2.41. The van der Waals surface area contributed by atoms with Crippen molar-refractivity contribution in [2.45, 2.75) is 12.8 Å². The van der Waals surface area contributed by atoms with Crippen molar-refractivity contribution in [1.82, 2.24) is 4.90 Å². The van der Waals surface area contributed by atoms with Gasteiger partial charge in [-0.15, -0.1) is 0 Å². The molecule has 0 aromatic carbocycles. The smallest absolute Gasteiger partial charge is 0.253 e. The molecule has 0 atom stereocenters. The van der Waals surface area contributed by atoms with Gasteiger partial charge < -0.3 is 10.2 Å². The van der Waals surface area contributed by atoms with Crippen molar-refractivity contribution in [2.75, 3.05) is 19.8 Å². The number of aliphatic hydroxyl groups is 2. The van der Waals surface area contributed by atoms with Gasteiger partial charge in [0.2, 0.25) is 0 Å². The Hall–Kier alpha value is -1.20. The van der Waals surface area contributed by atoms with Crippen LogP contribution in [0.1, 0.15) is 12.8 Å². The monoisotopic (exact) mass is 213 g/mol. The molecule has 84 valence electrons. The molecule has 0 spiro atoms. The van der Waals surface area contributed by atoms with E-state index >= 15 is 0 Å². The zero-order valence-corrected chi connectivity index (χ0v) is 8.43. The highest BCUT2D eigenvalue weighted by Gasteiger charge is 2.22. The van der Waals surface area contributed by atoms with Gasteiger partial charge >= 0.3 is 0 Å². The molecule has 1 aliphatic heterocycles. The Morgan fingerprint density at radius 2 is 1.67 bits per heavy atom. The van der Waals surface area contributed by atoms with Crippen LogP contribution < -0.4 is 0 Å². The molecule has 2 N–H and O–H groups in total. The SMILES string of the molecule is O=C1C=CC(=O)N1CCCC(CO)CO. The average molecular weight is 213 g/mol. The van der Waals surface area contributed by atoms with Gasteiger partial charge in [0.25, 0.3) is 11.8 Å². The second-order valence-corrected chi connectivity index (χ2v) is 3.53. The average Bonchev–Trinajstić information content (AvgIpc) is 2.55. The molecule has 1 heterocycles. The number of aliphatic hydroxyl groups excluding tert-OH is 2. The molecule has 2 amide bonds. The van der Waals surface area contributed by atoms with Crippen LogP contribution in [0.4, 0.5) is 0 Å². The van der Waals surface area contributed by atoms with E-state index < -0.39 is 0 Å². The molecule has 0 saturated heterocycles. The minimum absolute atomic E-state index is 0.0728. The van der Waals surface area contributed by atoms with Crippen molar-refractivity contribution in [3.05, 3.63) is 12.2 Å². The van der Waals surface area contributed by atoms with Crippen LogP contribution in [0.15, 0.2) is 12.2 Å². The standard InChI is InChI=1S/C10H15NO4/c12-6-8(7-13)2-1-5-11-9(14)3-4-10(11)15/h3-4,8,12-13H,1-2,5-7H2. The van der Waals surface area contributed by atoms with Gasteiger partial charge in [0.15, 0.2) is 0 Å². The molecule has 0 fully saturated rings. The Morgan fingerprint density at radius 1 is 1.13 bits per heavy atom. The molecule has 0 bridgehead atoms. The summed E-state index contributed by atoms with van der Waals surface area (Å²) in [4.78, 5) is 23.4. The summed E-state index contributed by atoms with van der Waals surface area (Å²) in [6.45, 7) is 0.203. The Labute approximate surface area is 88.0 Å². The number of rotatable bonds is 6. The van der Waals surface area contributed by atoms with Gasteiger partial charge in [-0.3, -0.25) is 14.5 Å². The minimum atomic E-state index is -0.287. The van der Waals surface area contributed by atoms with Crippen molar-refractivity contribution in [2.24, 2.45) is 5.92 Å². The minimum Gasteiger partial charge on any atom is -0.396 e. The molecule has 5 heteroatoms. The molecule has 0 radical (unpaired) electrons. The number of nitrogens with zero attached hydrogens (tertiary/aromatic N) is 1. The molecule has 0 aromatic rings. The van der Waals surface area contributed by atoms with E-state index in [1.807, 2.05) is 0 Å². The van der Waals surface area contributed by atoms with Gasteiger partial charge in [0.1, 0.15) is 0 Å². The highest BCUT2D eigenvalue weighted by molar-refractivity contribution is 6.12. The summed E-state index contributed by atoms with van der Waals surface area (Å²) in [6, 6.07) is 0. The fraction of sp³-hybridized carbons (Fsp3) is 0.600. The summed E-state index contributed by atoms with van der Waals surface area (Å²) >= 11 is 0. The number of carbonyl (C=O) groups excluding carboxylic acids is 2. The lowest BCUT2D eigenvalue weighted by molar-refractivity contribution is -0.136. The first kappa shape index (κ1) is 11.9. The van der Waals surface area contributed by atoms with Gasteiger partial charge in [-0.2, -0.15) is 0 Å². The van der Waals surface area contributed by atoms with Crippen LogP contribution in [0.2, 0.25) is 0 Å². The Morgan fingerprint density at radius 3 is 2.13 bits per heavy atom. The molecule has 0 aromatic heterocycles. The van der Waals surface area contributed by atoms with Crippen LogP contribution in [0.3, 0.4) is 0 Å². The maximum Gasteiger partial charge on any atom is 0.253 e. The number of amides is 2. The van der Waals surface area contributed by atoms with Crippen LogP contribution in [-0.2, 0) is 9.59 Å². The summed E-state index contributed by atoms with van der Waals surface area (Å²) in [6.07, 6.45) is 3.70. The molecule has 0 unspecified atom stereocenters. The highest BCUT2D eigenvalue weighted by atomic mass is 16.3. The van der Waals surface area contributed by atoms with Crippen LogP contribution in [0.25, 0.3) is 0 Å². The van der Waals surface area contributed by atoms with E-state index in [-0.39, 0.29) is 30.9 Å². The quantitative estimate of drug-likeness (QED) is 0.571. The van der Waals surface area contributed by atoms with Crippen LogP contribution >= 0.6 is 0 Å². The van der Waals surface area contributed by atoms with Gasteiger partial charge in [-0.25, -0.2) is 0 Å². The predicted molar refractivity (Wildman–Crippen MR) is 52.8 cm³/mol. The fourth-order valence-corrected chi connectivity index (χ4v) is 1.43. The molecule has 15 heavy (non-hydrogen) atoms. The molecule has 1 rings (SSSR count). The van der Waals surface area contributed by atoms with E-state index in [4.69, 9.17) is 10.2 Å². The fourth-order valence-electron chi connectivity index (χ4n) is 1.43. The van der Waals surface area contributed by atoms with Gasteiger partial charge in [-0.1, -0.05) is 0 Å². The lowest BCUT2D eigenvalue weighted by Gasteiger charge is -2.15. The van der Waals surface area contributed by atoms with E-state index in [0.29, 0.717) is 19.4 Å². The third kappa shape index (κ3) is 3.14. The number of carbonyl (C=O) groups is 2. The summed E-state index contributed by atoms with van der Waals surface area (Å²) < 4.78 is 0. The Kier molecular flexibility index (Phi) is 4.45. The van der Waals surface area contributed by atoms with E-state index in [1.165, 1.54) is 12.2 Å². The van der Waals surface area contributed by atoms with E-state index in [1.54, 1.807) is 0 Å². The number of imide groups is 1. The summed E-state index contributed by atoms with van der Waals surface area (Å²) in [5.41, 5.74) is 0. The summed E-state index contributed by atoms with van der Waals surface area (Å²) in [7, 11) is 0. The van der Waals surface area contributed by atoms with Gasteiger partial charge in [0.05, 0.1) is 0 Å². The van der Waals surface area contributed by atoms with Crippen molar-refractivity contribution in [1.29, 1.82) is 0 Å². The van der Waals surface area contributed by atoms with Gasteiger partial charge in [-0.05, 0) is 12.8 Å². The zero-order valence-electron chi connectivity index (χ0n) is 8.43. The molecular weight excluding hydrogens is 198 g/mol. The van der Waals surface area contributed by atoms with Crippen LogP contribution in [0.5, 0.6) is 0 Å². The van der Waals surface area contributed by atoms with Crippen LogP contribution in [-0.4, -0.2) is 46.7 Å². The second-order valence-electron chi connectivity index (χ2n) is 3.53. The maximum absolute atomic E-state index is 11.1. The van der Waals surface area contributed by atoms with Gasteiger partial charge in [0, 0.05) is 37.8 Å².